The summed E-state index contributed by atoms with van der Waals surface area (Å²) in [6.45, 7) is -0.515. The molecule has 2 rings (SSSR count). The molecule has 1 aromatic carbocycles. The fraction of sp³-hybridized carbons (Fsp3) is 0.200. The molecular weight excluding hydrogens is 280 g/mol. The van der Waals surface area contributed by atoms with Gasteiger partial charge >= 0.3 is 15.3 Å². The Kier molecular flexibility index (Phi) is 3.27. The minimum Gasteiger partial charge on any atom is -0.272 e. The second kappa shape index (κ2) is 4.58. The lowest BCUT2D eigenvalue weighted by molar-refractivity contribution is -0.125. The van der Waals surface area contributed by atoms with Crippen LogP contribution < -0.4 is 0 Å². The Balaban J connectivity index is 2.21. The normalized spacial score (nSPS) is 16.5. The lowest BCUT2D eigenvalue weighted by Gasteiger charge is -2.14. The standard InChI is InChI=1S/C10H9ClN2O4S/c11-18(16,17)13-7-9(14)12(10(13)15)6-8-4-2-1-3-5-8/h1-5H,6-7H2. The molecule has 0 atom stereocenters. The highest BCUT2D eigenvalue weighted by atomic mass is 35.7. The third-order valence-corrected chi connectivity index (χ3v) is 3.78. The Morgan fingerprint density at radius 1 is 1.17 bits per heavy atom. The topological polar surface area (TPSA) is 74.8 Å². The molecule has 18 heavy (non-hydrogen) atoms. The van der Waals surface area contributed by atoms with Crippen LogP contribution in [0.25, 0.3) is 0 Å². The third-order valence-electron chi connectivity index (χ3n) is 2.47. The average molecular weight is 289 g/mol. The lowest BCUT2D eigenvalue weighted by atomic mass is 10.2. The minimum absolute atomic E-state index is 0.0292. The van der Waals surface area contributed by atoms with Crippen molar-refractivity contribution in [3.63, 3.8) is 0 Å². The van der Waals surface area contributed by atoms with Crippen molar-refractivity contribution < 1.29 is 18.0 Å². The molecule has 1 saturated heterocycles. The number of halogens is 1. The Hall–Kier alpha value is -1.60. The molecule has 0 N–H and O–H groups in total. The van der Waals surface area contributed by atoms with Gasteiger partial charge in [0.15, 0.2) is 0 Å². The van der Waals surface area contributed by atoms with Crippen molar-refractivity contribution in [2.45, 2.75) is 6.54 Å². The Bertz CT molecular complexity index is 587. The van der Waals surface area contributed by atoms with Gasteiger partial charge in [0.2, 0.25) is 0 Å². The molecule has 8 heteroatoms. The van der Waals surface area contributed by atoms with Gasteiger partial charge in [-0.05, 0) is 5.56 Å². The minimum atomic E-state index is -4.22. The van der Waals surface area contributed by atoms with E-state index in [9.17, 15) is 18.0 Å². The number of hydrogen-bond acceptors (Lipinski definition) is 4. The average Bonchev–Trinajstić information content (AvgIpc) is 2.58. The first-order valence-corrected chi connectivity index (χ1v) is 7.27. The van der Waals surface area contributed by atoms with E-state index in [0.717, 1.165) is 10.5 Å². The largest absolute Gasteiger partial charge is 0.342 e. The molecule has 3 amide bonds. The molecule has 6 nitrogen and oxygen atoms in total. The summed E-state index contributed by atoms with van der Waals surface area (Å²) < 4.78 is 22.5. The molecule has 0 unspecified atom stereocenters. The number of hydrogen-bond donors (Lipinski definition) is 0. The van der Waals surface area contributed by atoms with E-state index < -0.39 is 27.7 Å². The highest BCUT2D eigenvalue weighted by Gasteiger charge is 2.41. The van der Waals surface area contributed by atoms with Gasteiger partial charge in [-0.25, -0.2) is 4.79 Å². The zero-order chi connectivity index (χ0) is 13.3. The van der Waals surface area contributed by atoms with Crippen LogP contribution in [0.15, 0.2) is 30.3 Å². The van der Waals surface area contributed by atoms with E-state index in [1.807, 2.05) is 0 Å². The van der Waals surface area contributed by atoms with E-state index in [2.05, 4.69) is 0 Å². The van der Waals surface area contributed by atoms with Gasteiger partial charge in [0, 0.05) is 10.7 Å². The van der Waals surface area contributed by atoms with Crippen molar-refractivity contribution in [2.24, 2.45) is 0 Å². The second-order valence-electron chi connectivity index (χ2n) is 3.70. The van der Waals surface area contributed by atoms with Crippen molar-refractivity contribution in [3.8, 4) is 0 Å². The quantitative estimate of drug-likeness (QED) is 0.613. The summed E-state index contributed by atoms with van der Waals surface area (Å²) in [5.74, 6) is -0.590. The summed E-state index contributed by atoms with van der Waals surface area (Å²) in [4.78, 5) is 24.2. The highest BCUT2D eigenvalue weighted by Crippen LogP contribution is 2.19. The van der Waals surface area contributed by atoms with E-state index >= 15 is 0 Å². The lowest BCUT2D eigenvalue weighted by Crippen LogP contribution is -2.34. The summed E-state index contributed by atoms with van der Waals surface area (Å²) in [7, 11) is 0.850. The maximum Gasteiger partial charge on any atom is 0.342 e. The molecule has 0 aliphatic carbocycles. The van der Waals surface area contributed by atoms with Crippen LogP contribution in [0.1, 0.15) is 5.56 Å². The fourth-order valence-electron chi connectivity index (χ4n) is 1.61. The van der Waals surface area contributed by atoms with Crippen molar-refractivity contribution >= 4 is 31.9 Å². The van der Waals surface area contributed by atoms with Gasteiger partial charge in [0.1, 0.15) is 6.54 Å². The summed E-state index contributed by atoms with van der Waals surface area (Å²) in [6, 6.07) is 7.87. The van der Waals surface area contributed by atoms with E-state index in [4.69, 9.17) is 10.7 Å². The number of carbonyl (C=O) groups is 2. The summed E-state index contributed by atoms with van der Waals surface area (Å²) in [5.41, 5.74) is 0.730. The van der Waals surface area contributed by atoms with Crippen LogP contribution in [0, 0.1) is 0 Å². The van der Waals surface area contributed by atoms with Crippen molar-refractivity contribution in [3.05, 3.63) is 35.9 Å². The number of urea groups is 1. The van der Waals surface area contributed by atoms with Crippen LogP contribution in [0.5, 0.6) is 0 Å². The number of rotatable bonds is 3. The van der Waals surface area contributed by atoms with Crippen molar-refractivity contribution in [1.82, 2.24) is 9.21 Å². The molecule has 1 aromatic rings. The van der Waals surface area contributed by atoms with Gasteiger partial charge in [-0.3, -0.25) is 9.69 Å². The van der Waals surface area contributed by atoms with Crippen LogP contribution in [0.3, 0.4) is 0 Å². The number of nitrogens with zero attached hydrogens (tertiary/aromatic N) is 2. The SMILES string of the molecule is O=C1CN(S(=O)(=O)Cl)C(=O)N1Cc1ccccc1. The van der Waals surface area contributed by atoms with E-state index in [1.54, 1.807) is 30.3 Å². The first-order valence-electron chi connectivity index (χ1n) is 5.00. The molecule has 1 aliphatic heterocycles. The van der Waals surface area contributed by atoms with Gasteiger partial charge in [0.25, 0.3) is 5.91 Å². The maximum atomic E-state index is 11.7. The zero-order valence-corrected chi connectivity index (χ0v) is 10.7. The maximum absolute atomic E-state index is 11.7. The summed E-state index contributed by atoms with van der Waals surface area (Å²) >= 11 is 0. The van der Waals surface area contributed by atoms with E-state index in [0.29, 0.717) is 4.31 Å². The zero-order valence-electron chi connectivity index (χ0n) is 9.11. The molecular formula is C10H9ClN2O4S. The predicted molar refractivity (Wildman–Crippen MR) is 63.9 cm³/mol. The van der Waals surface area contributed by atoms with E-state index in [-0.39, 0.29) is 6.54 Å². The predicted octanol–water partition coefficient (Wildman–Crippen LogP) is 0.934. The number of benzene rings is 1. The number of imide groups is 1. The smallest absolute Gasteiger partial charge is 0.272 e. The van der Waals surface area contributed by atoms with Gasteiger partial charge in [-0.1, -0.05) is 30.3 Å². The molecule has 1 fully saturated rings. The molecule has 0 spiro atoms. The Morgan fingerprint density at radius 2 is 1.78 bits per heavy atom. The van der Waals surface area contributed by atoms with Crippen molar-refractivity contribution in [2.75, 3.05) is 6.54 Å². The molecule has 0 aromatic heterocycles. The van der Waals surface area contributed by atoms with Gasteiger partial charge in [-0.15, -0.1) is 0 Å². The van der Waals surface area contributed by atoms with E-state index in [1.165, 1.54) is 0 Å². The van der Waals surface area contributed by atoms with Crippen LogP contribution >= 0.6 is 10.7 Å². The Labute approximate surface area is 108 Å². The monoisotopic (exact) mass is 288 g/mol. The molecule has 0 radical (unpaired) electrons. The third kappa shape index (κ3) is 2.46. The van der Waals surface area contributed by atoms with Crippen molar-refractivity contribution in [1.29, 1.82) is 0 Å². The number of carbonyl (C=O) groups excluding carboxylic acids is 2. The fourth-order valence-corrected chi connectivity index (χ4v) is 2.48. The van der Waals surface area contributed by atoms with Crippen LogP contribution in [0.2, 0.25) is 0 Å². The molecule has 96 valence electrons. The molecule has 1 heterocycles. The number of amides is 3. The first kappa shape index (κ1) is 12.8. The van der Waals surface area contributed by atoms with Gasteiger partial charge < -0.3 is 0 Å². The molecule has 1 aliphatic rings. The Morgan fingerprint density at radius 3 is 2.28 bits per heavy atom. The van der Waals surface area contributed by atoms with Crippen LogP contribution in [-0.4, -0.2) is 36.1 Å². The molecule has 0 saturated carbocycles. The highest BCUT2D eigenvalue weighted by molar-refractivity contribution is 8.12. The summed E-state index contributed by atoms with van der Waals surface area (Å²) in [6.07, 6.45) is 0. The van der Waals surface area contributed by atoms with Gasteiger partial charge in [-0.2, -0.15) is 12.7 Å². The second-order valence-corrected chi connectivity index (χ2v) is 6.13. The van der Waals surface area contributed by atoms with Crippen LogP contribution in [0.4, 0.5) is 4.79 Å². The first-order chi connectivity index (χ1) is 8.39. The van der Waals surface area contributed by atoms with Crippen LogP contribution in [-0.2, 0) is 20.6 Å². The molecule has 0 bridgehead atoms. The summed E-state index contributed by atoms with van der Waals surface area (Å²) in [5, 5.41) is 0. The van der Waals surface area contributed by atoms with Gasteiger partial charge in [0.05, 0.1) is 6.54 Å².